The first-order valence-corrected chi connectivity index (χ1v) is 6.74. The molecule has 0 fully saturated rings. The smallest absolute Gasteiger partial charge is 0.129 e. The van der Waals surface area contributed by atoms with E-state index in [4.69, 9.17) is 16.3 Å². The summed E-state index contributed by atoms with van der Waals surface area (Å²) in [5, 5.41) is 1.61. The summed E-state index contributed by atoms with van der Waals surface area (Å²) in [7, 11) is 3.72. The summed E-state index contributed by atoms with van der Waals surface area (Å²) in [6, 6.07) is 10.1. The average molecular weight is 287 g/mol. The Morgan fingerprint density at radius 1 is 1.20 bits per heavy atom. The zero-order chi connectivity index (χ0) is 14.3. The average Bonchev–Trinajstić information content (AvgIpc) is 2.75. The van der Waals surface area contributed by atoms with Crippen molar-refractivity contribution in [3.63, 3.8) is 0 Å². The lowest BCUT2D eigenvalue weighted by atomic mass is 10.1. The fraction of sp³-hybridized carbons (Fsp3) is 0.188. The van der Waals surface area contributed by atoms with Crippen molar-refractivity contribution in [2.24, 2.45) is 7.05 Å². The van der Waals surface area contributed by atoms with E-state index in [1.807, 2.05) is 25.2 Å². The molecule has 2 aromatic heterocycles. The molecule has 0 spiro atoms. The van der Waals surface area contributed by atoms with Gasteiger partial charge in [-0.1, -0.05) is 11.6 Å². The van der Waals surface area contributed by atoms with Crippen LogP contribution in [0.1, 0.15) is 5.56 Å². The summed E-state index contributed by atoms with van der Waals surface area (Å²) in [6.07, 6.45) is 1.81. The van der Waals surface area contributed by atoms with E-state index in [9.17, 15) is 0 Å². The highest BCUT2D eigenvalue weighted by Crippen LogP contribution is 2.31. The Bertz CT molecular complexity index is 793. The number of methoxy groups -OCH3 is 1. The topological polar surface area (TPSA) is 27.1 Å². The molecular formula is C16H15ClN2O. The van der Waals surface area contributed by atoms with E-state index in [2.05, 4.69) is 28.6 Å². The van der Waals surface area contributed by atoms with Crippen LogP contribution in [-0.4, -0.2) is 16.7 Å². The summed E-state index contributed by atoms with van der Waals surface area (Å²) in [4.78, 5) is 4.15. The number of halogens is 1. The van der Waals surface area contributed by atoms with Crippen LogP contribution >= 0.6 is 11.6 Å². The second-order valence-corrected chi connectivity index (χ2v) is 5.22. The summed E-state index contributed by atoms with van der Waals surface area (Å²) in [5.74, 6) is 0.870. The molecule has 0 atom stereocenters. The van der Waals surface area contributed by atoms with Gasteiger partial charge in [-0.15, -0.1) is 0 Å². The second kappa shape index (κ2) is 4.84. The van der Waals surface area contributed by atoms with Gasteiger partial charge in [-0.3, -0.25) is 0 Å². The second-order valence-electron chi connectivity index (χ2n) is 4.84. The van der Waals surface area contributed by atoms with Crippen LogP contribution in [0.2, 0.25) is 5.15 Å². The first kappa shape index (κ1) is 13.0. The van der Waals surface area contributed by atoms with E-state index in [-0.39, 0.29) is 0 Å². The largest absolute Gasteiger partial charge is 0.497 e. The molecule has 4 heteroatoms. The molecule has 0 unspecified atom stereocenters. The minimum atomic E-state index is 0.515. The molecule has 1 aromatic carbocycles. The quantitative estimate of drug-likeness (QED) is 0.660. The van der Waals surface area contributed by atoms with Gasteiger partial charge in [0.25, 0.3) is 0 Å². The Labute approximate surface area is 122 Å². The summed E-state index contributed by atoms with van der Waals surface area (Å²) in [6.45, 7) is 2.08. The SMILES string of the molecule is COc1ccc(-c2cc3cc(Cl)ncc3n2C)c(C)c1. The molecular weight excluding hydrogens is 272 g/mol. The maximum absolute atomic E-state index is 5.96. The zero-order valence-corrected chi connectivity index (χ0v) is 12.4. The number of pyridine rings is 1. The number of benzene rings is 1. The molecule has 3 rings (SSSR count). The maximum atomic E-state index is 5.96. The number of hydrogen-bond acceptors (Lipinski definition) is 2. The number of aryl methyl sites for hydroxylation is 2. The Balaban J connectivity index is 2.21. The van der Waals surface area contributed by atoms with Gasteiger partial charge in [-0.05, 0) is 42.8 Å². The van der Waals surface area contributed by atoms with Crippen LogP contribution in [0, 0.1) is 6.92 Å². The Kier molecular flexibility index (Phi) is 3.14. The number of rotatable bonds is 2. The summed E-state index contributed by atoms with van der Waals surface area (Å²) in [5.41, 5.74) is 4.57. The lowest BCUT2D eigenvalue weighted by Gasteiger charge is -2.09. The highest BCUT2D eigenvalue weighted by atomic mass is 35.5. The fourth-order valence-corrected chi connectivity index (χ4v) is 2.68. The van der Waals surface area contributed by atoms with Crippen LogP contribution in [0.4, 0.5) is 0 Å². The fourth-order valence-electron chi connectivity index (χ4n) is 2.52. The normalized spacial score (nSPS) is 11.0. The molecule has 0 radical (unpaired) electrons. The third-order valence-corrected chi connectivity index (χ3v) is 3.81. The van der Waals surface area contributed by atoms with Crippen LogP contribution in [0.5, 0.6) is 5.75 Å². The molecule has 0 amide bonds. The molecule has 0 aliphatic carbocycles. The van der Waals surface area contributed by atoms with Gasteiger partial charge in [0.1, 0.15) is 10.9 Å². The lowest BCUT2D eigenvalue weighted by Crippen LogP contribution is -1.94. The third-order valence-electron chi connectivity index (χ3n) is 3.60. The first-order valence-electron chi connectivity index (χ1n) is 6.36. The minimum absolute atomic E-state index is 0.515. The Morgan fingerprint density at radius 3 is 2.70 bits per heavy atom. The third kappa shape index (κ3) is 2.04. The Hall–Kier alpha value is -2.00. The molecule has 0 saturated heterocycles. The van der Waals surface area contributed by atoms with Gasteiger partial charge in [0.15, 0.2) is 0 Å². The maximum Gasteiger partial charge on any atom is 0.129 e. The lowest BCUT2D eigenvalue weighted by molar-refractivity contribution is 0.414. The highest BCUT2D eigenvalue weighted by Gasteiger charge is 2.11. The van der Waals surface area contributed by atoms with Gasteiger partial charge in [-0.2, -0.15) is 0 Å². The minimum Gasteiger partial charge on any atom is -0.497 e. The van der Waals surface area contributed by atoms with Crippen LogP contribution in [0.25, 0.3) is 22.2 Å². The van der Waals surface area contributed by atoms with Crippen molar-refractivity contribution in [2.75, 3.05) is 7.11 Å². The molecule has 0 aliphatic heterocycles. The van der Waals surface area contributed by atoms with Crippen LogP contribution in [0.3, 0.4) is 0 Å². The zero-order valence-electron chi connectivity index (χ0n) is 11.6. The molecule has 3 nitrogen and oxygen atoms in total. The molecule has 0 N–H and O–H groups in total. The summed E-state index contributed by atoms with van der Waals surface area (Å²) < 4.78 is 7.39. The van der Waals surface area contributed by atoms with Crippen LogP contribution < -0.4 is 4.74 Å². The van der Waals surface area contributed by atoms with Crippen molar-refractivity contribution in [2.45, 2.75) is 6.92 Å². The van der Waals surface area contributed by atoms with E-state index >= 15 is 0 Å². The van der Waals surface area contributed by atoms with Gasteiger partial charge in [0, 0.05) is 23.7 Å². The number of fused-ring (bicyclic) bond motifs is 1. The van der Waals surface area contributed by atoms with E-state index < -0.39 is 0 Å². The van der Waals surface area contributed by atoms with Gasteiger partial charge in [0.05, 0.1) is 18.8 Å². The molecule has 0 bridgehead atoms. The van der Waals surface area contributed by atoms with Crippen molar-refractivity contribution >= 4 is 22.5 Å². The van der Waals surface area contributed by atoms with Gasteiger partial charge in [-0.25, -0.2) is 4.98 Å². The molecule has 3 aromatic rings. The van der Waals surface area contributed by atoms with Crippen molar-refractivity contribution in [1.82, 2.24) is 9.55 Å². The van der Waals surface area contributed by atoms with Gasteiger partial charge >= 0.3 is 0 Å². The predicted octanol–water partition coefficient (Wildman–Crippen LogP) is 4.21. The van der Waals surface area contributed by atoms with Crippen molar-refractivity contribution in [3.05, 3.63) is 47.2 Å². The molecule has 2 heterocycles. The predicted molar refractivity (Wildman–Crippen MR) is 82.4 cm³/mol. The molecule has 20 heavy (non-hydrogen) atoms. The first-order chi connectivity index (χ1) is 9.60. The van der Waals surface area contributed by atoms with Gasteiger partial charge < -0.3 is 9.30 Å². The number of aromatic nitrogens is 2. The molecule has 0 saturated carbocycles. The van der Waals surface area contributed by atoms with E-state index in [1.165, 1.54) is 11.1 Å². The van der Waals surface area contributed by atoms with Crippen molar-refractivity contribution in [1.29, 1.82) is 0 Å². The van der Waals surface area contributed by atoms with E-state index in [0.717, 1.165) is 22.3 Å². The van der Waals surface area contributed by atoms with E-state index in [1.54, 1.807) is 13.3 Å². The van der Waals surface area contributed by atoms with Gasteiger partial charge in [0.2, 0.25) is 0 Å². The number of nitrogens with zero attached hydrogens (tertiary/aromatic N) is 2. The monoisotopic (exact) mass is 286 g/mol. The van der Waals surface area contributed by atoms with E-state index in [0.29, 0.717) is 5.15 Å². The molecule has 0 aliphatic rings. The van der Waals surface area contributed by atoms with Crippen molar-refractivity contribution < 1.29 is 4.74 Å². The highest BCUT2D eigenvalue weighted by molar-refractivity contribution is 6.30. The summed E-state index contributed by atoms with van der Waals surface area (Å²) >= 11 is 5.96. The van der Waals surface area contributed by atoms with Crippen LogP contribution in [-0.2, 0) is 7.05 Å². The molecule has 102 valence electrons. The standard InChI is InChI=1S/C16H15ClN2O/c1-10-6-12(20-3)4-5-13(10)14-7-11-8-16(17)18-9-15(11)19(14)2/h4-9H,1-3H3. The number of ether oxygens (including phenoxy) is 1. The van der Waals surface area contributed by atoms with Crippen LogP contribution in [0.15, 0.2) is 36.5 Å². The van der Waals surface area contributed by atoms with Crippen molar-refractivity contribution in [3.8, 4) is 17.0 Å². The number of hydrogen-bond donors (Lipinski definition) is 0. The Morgan fingerprint density at radius 2 is 2.00 bits per heavy atom.